The van der Waals surface area contributed by atoms with Crippen LogP contribution >= 0.6 is 0 Å². The van der Waals surface area contributed by atoms with Gasteiger partial charge in [-0.25, -0.2) is 9.69 Å². The van der Waals surface area contributed by atoms with E-state index in [9.17, 15) is 14.4 Å². The van der Waals surface area contributed by atoms with E-state index in [-0.39, 0.29) is 19.1 Å². The molecule has 1 atom stereocenters. The molecule has 0 unspecified atom stereocenters. The van der Waals surface area contributed by atoms with E-state index in [1.54, 1.807) is 0 Å². The van der Waals surface area contributed by atoms with Crippen LogP contribution < -0.4 is 5.32 Å². The molecule has 156 valence electrons. The molecular weight excluding hydrogens is 392 g/mol. The zero-order chi connectivity index (χ0) is 21.6. The van der Waals surface area contributed by atoms with Gasteiger partial charge < -0.3 is 10.1 Å². The summed E-state index contributed by atoms with van der Waals surface area (Å²) in [5.41, 5.74) is 2.51. The number of benzene rings is 3. The summed E-state index contributed by atoms with van der Waals surface area (Å²) in [7, 11) is 0. The number of cyclic esters (lactones) is 1. The third-order valence-corrected chi connectivity index (χ3v) is 5.25. The van der Waals surface area contributed by atoms with Gasteiger partial charge in [-0.3, -0.25) is 9.59 Å². The molecule has 6 nitrogen and oxygen atoms in total. The Hall–Kier alpha value is -3.93. The topological polar surface area (TPSA) is 75.7 Å². The van der Waals surface area contributed by atoms with Gasteiger partial charge in [0.2, 0.25) is 5.91 Å². The summed E-state index contributed by atoms with van der Waals surface area (Å²) in [4.78, 5) is 38.6. The molecule has 3 amide bonds. The van der Waals surface area contributed by atoms with E-state index in [2.05, 4.69) is 5.32 Å². The largest absolute Gasteiger partial charge is 0.439 e. The fraction of sp³-hybridized carbons (Fsp3) is 0.160. The van der Waals surface area contributed by atoms with Crippen LogP contribution in [-0.4, -0.2) is 36.0 Å². The predicted molar refractivity (Wildman–Crippen MR) is 115 cm³/mol. The minimum atomic E-state index is -0.692. The molecule has 0 aromatic heterocycles. The Bertz CT molecular complexity index is 999. The second kappa shape index (κ2) is 9.26. The summed E-state index contributed by atoms with van der Waals surface area (Å²) in [6, 6.07) is 27.8. The van der Waals surface area contributed by atoms with Gasteiger partial charge in [0.05, 0.1) is 18.5 Å². The first kappa shape index (κ1) is 20.3. The van der Waals surface area contributed by atoms with Gasteiger partial charge >= 0.3 is 6.09 Å². The maximum absolute atomic E-state index is 13.5. The van der Waals surface area contributed by atoms with Gasteiger partial charge in [0.1, 0.15) is 0 Å². The SMILES string of the molecule is O=C(N[C@H](CN1C(=O)COC1=O)c1ccccc1)C(c1ccccc1)c1ccccc1. The molecule has 1 heterocycles. The van der Waals surface area contributed by atoms with Crippen molar-refractivity contribution in [2.75, 3.05) is 13.2 Å². The van der Waals surface area contributed by atoms with Gasteiger partial charge in [0, 0.05) is 0 Å². The Kier molecular flexibility index (Phi) is 6.08. The number of carbonyl (C=O) groups is 3. The van der Waals surface area contributed by atoms with Crippen LogP contribution in [0.3, 0.4) is 0 Å². The normalized spacial score (nSPS) is 14.4. The average molecular weight is 414 g/mol. The first-order valence-electron chi connectivity index (χ1n) is 10.1. The van der Waals surface area contributed by atoms with Gasteiger partial charge in [-0.1, -0.05) is 91.0 Å². The molecular formula is C25H22N2O4. The first-order chi connectivity index (χ1) is 15.1. The van der Waals surface area contributed by atoms with Crippen molar-refractivity contribution >= 4 is 17.9 Å². The molecule has 31 heavy (non-hydrogen) atoms. The van der Waals surface area contributed by atoms with Crippen LogP contribution in [0.2, 0.25) is 0 Å². The van der Waals surface area contributed by atoms with Crippen molar-refractivity contribution < 1.29 is 19.1 Å². The monoisotopic (exact) mass is 414 g/mol. The van der Waals surface area contributed by atoms with Gasteiger partial charge in [-0.15, -0.1) is 0 Å². The molecule has 0 saturated carbocycles. The van der Waals surface area contributed by atoms with E-state index in [4.69, 9.17) is 4.74 Å². The maximum atomic E-state index is 13.5. The molecule has 1 saturated heterocycles. The molecule has 1 fully saturated rings. The number of nitrogens with one attached hydrogen (secondary N) is 1. The van der Waals surface area contributed by atoms with Crippen molar-refractivity contribution in [1.82, 2.24) is 10.2 Å². The fourth-order valence-electron chi connectivity index (χ4n) is 3.70. The second-order valence-corrected chi connectivity index (χ2v) is 7.29. The molecule has 0 radical (unpaired) electrons. The van der Waals surface area contributed by atoms with Crippen LogP contribution in [0.1, 0.15) is 28.7 Å². The molecule has 1 N–H and O–H groups in total. The quantitative estimate of drug-likeness (QED) is 0.640. The summed E-state index contributed by atoms with van der Waals surface area (Å²) in [6.45, 7) is -0.269. The lowest BCUT2D eigenvalue weighted by Crippen LogP contribution is -2.42. The number of rotatable bonds is 7. The van der Waals surface area contributed by atoms with Gasteiger partial charge in [-0.05, 0) is 16.7 Å². The minimum Gasteiger partial charge on any atom is -0.439 e. The second-order valence-electron chi connectivity index (χ2n) is 7.29. The molecule has 6 heteroatoms. The molecule has 3 aromatic carbocycles. The van der Waals surface area contributed by atoms with E-state index in [1.807, 2.05) is 91.0 Å². The van der Waals surface area contributed by atoms with Crippen LogP contribution in [0.25, 0.3) is 0 Å². The standard InChI is InChI=1S/C25H22N2O4/c28-22-17-31-25(30)27(22)16-21(18-10-4-1-5-11-18)26-24(29)23(19-12-6-2-7-13-19)20-14-8-3-9-15-20/h1-15,21,23H,16-17H2,(H,26,29)/t21-/m1/s1. The predicted octanol–water partition coefficient (Wildman–Crippen LogP) is 3.65. The van der Waals surface area contributed by atoms with E-state index in [1.165, 1.54) is 0 Å². The number of carbonyl (C=O) groups excluding carboxylic acids is 3. The lowest BCUT2D eigenvalue weighted by Gasteiger charge is -2.26. The molecule has 1 aliphatic heterocycles. The fourth-order valence-corrected chi connectivity index (χ4v) is 3.70. The molecule has 0 bridgehead atoms. The Labute approximate surface area is 180 Å². The Morgan fingerprint density at radius 1 is 0.806 bits per heavy atom. The Balaban J connectivity index is 1.65. The summed E-state index contributed by atoms with van der Waals surface area (Å²) in [6.07, 6.45) is -0.692. The van der Waals surface area contributed by atoms with Gasteiger partial charge in [0.15, 0.2) is 6.61 Å². The molecule has 4 rings (SSSR count). The zero-order valence-electron chi connectivity index (χ0n) is 16.8. The van der Waals surface area contributed by atoms with Crippen molar-refractivity contribution in [2.24, 2.45) is 0 Å². The average Bonchev–Trinajstić information content (AvgIpc) is 3.13. The third kappa shape index (κ3) is 4.64. The van der Waals surface area contributed by atoms with E-state index < -0.39 is 24.0 Å². The third-order valence-electron chi connectivity index (χ3n) is 5.25. The molecule has 3 aromatic rings. The lowest BCUT2D eigenvalue weighted by atomic mass is 9.90. The number of amides is 3. The highest BCUT2D eigenvalue weighted by Gasteiger charge is 2.34. The van der Waals surface area contributed by atoms with Crippen molar-refractivity contribution in [3.05, 3.63) is 108 Å². The van der Waals surface area contributed by atoms with Crippen LogP contribution in [-0.2, 0) is 14.3 Å². The summed E-state index contributed by atoms with van der Waals surface area (Å²) in [5.74, 6) is -1.16. The van der Waals surface area contributed by atoms with Crippen LogP contribution in [0.5, 0.6) is 0 Å². The van der Waals surface area contributed by atoms with E-state index in [0.717, 1.165) is 21.6 Å². The molecule has 1 aliphatic rings. The number of ether oxygens (including phenoxy) is 1. The Morgan fingerprint density at radius 3 is 1.74 bits per heavy atom. The summed E-state index contributed by atoms with van der Waals surface area (Å²) >= 11 is 0. The highest BCUT2D eigenvalue weighted by Crippen LogP contribution is 2.27. The molecule has 0 aliphatic carbocycles. The van der Waals surface area contributed by atoms with Gasteiger partial charge in [-0.2, -0.15) is 0 Å². The highest BCUT2D eigenvalue weighted by molar-refractivity contribution is 5.98. The number of imide groups is 1. The summed E-state index contributed by atoms with van der Waals surface area (Å²) in [5, 5.41) is 3.06. The minimum absolute atomic E-state index is 0.00369. The van der Waals surface area contributed by atoms with Crippen molar-refractivity contribution in [3.63, 3.8) is 0 Å². The maximum Gasteiger partial charge on any atom is 0.417 e. The lowest BCUT2D eigenvalue weighted by molar-refractivity contribution is -0.127. The number of hydrogen-bond donors (Lipinski definition) is 1. The zero-order valence-corrected chi connectivity index (χ0v) is 16.8. The van der Waals surface area contributed by atoms with E-state index in [0.29, 0.717) is 0 Å². The number of hydrogen-bond acceptors (Lipinski definition) is 4. The van der Waals surface area contributed by atoms with Crippen molar-refractivity contribution in [3.8, 4) is 0 Å². The smallest absolute Gasteiger partial charge is 0.417 e. The van der Waals surface area contributed by atoms with Crippen LogP contribution in [0.4, 0.5) is 4.79 Å². The highest BCUT2D eigenvalue weighted by atomic mass is 16.6. The first-order valence-corrected chi connectivity index (χ1v) is 10.1. The van der Waals surface area contributed by atoms with Crippen LogP contribution in [0, 0.1) is 0 Å². The van der Waals surface area contributed by atoms with Crippen molar-refractivity contribution in [2.45, 2.75) is 12.0 Å². The van der Waals surface area contributed by atoms with Crippen molar-refractivity contribution in [1.29, 1.82) is 0 Å². The summed E-state index contributed by atoms with van der Waals surface area (Å²) < 4.78 is 4.83. The number of nitrogens with zero attached hydrogens (tertiary/aromatic N) is 1. The van der Waals surface area contributed by atoms with E-state index >= 15 is 0 Å². The Morgan fingerprint density at radius 2 is 1.29 bits per heavy atom. The molecule has 0 spiro atoms. The van der Waals surface area contributed by atoms with Crippen LogP contribution in [0.15, 0.2) is 91.0 Å². The van der Waals surface area contributed by atoms with Gasteiger partial charge in [0.25, 0.3) is 5.91 Å².